The van der Waals surface area contributed by atoms with Crippen molar-refractivity contribution in [2.24, 2.45) is 0 Å². The van der Waals surface area contributed by atoms with Crippen LogP contribution >= 0.6 is 0 Å². The van der Waals surface area contributed by atoms with Crippen molar-refractivity contribution in [1.29, 1.82) is 0 Å². The number of carbonyl (C=O) groups excluding carboxylic acids is 1. The van der Waals surface area contributed by atoms with Crippen LogP contribution in [0.5, 0.6) is 5.75 Å². The number of ether oxygens (including phenoxy) is 2. The zero-order valence-electron chi connectivity index (χ0n) is 17.0. The maximum absolute atomic E-state index is 12.0. The molecular formula is C25H25NO3. The zero-order chi connectivity index (χ0) is 20.4. The summed E-state index contributed by atoms with van der Waals surface area (Å²) in [4.78, 5) is 14.4. The van der Waals surface area contributed by atoms with Crippen LogP contribution in [0.4, 0.5) is 5.69 Å². The number of hydrogen-bond acceptors (Lipinski definition) is 4. The molecule has 0 spiro atoms. The fourth-order valence-electron chi connectivity index (χ4n) is 4.11. The molecule has 0 amide bonds. The van der Waals surface area contributed by atoms with Crippen LogP contribution in [0.15, 0.2) is 78.9 Å². The van der Waals surface area contributed by atoms with E-state index in [2.05, 4.69) is 48.2 Å². The number of nitrogens with zero attached hydrogens (tertiary/aromatic N) is 1. The first kappa shape index (κ1) is 19.1. The minimum absolute atomic E-state index is 0.205. The quantitative estimate of drug-likeness (QED) is 0.422. The zero-order valence-corrected chi connectivity index (χ0v) is 17.0. The van der Waals surface area contributed by atoms with E-state index in [1.165, 1.54) is 5.56 Å². The molecule has 3 aromatic rings. The Morgan fingerprint density at radius 3 is 2.21 bits per heavy atom. The number of esters is 1. The largest absolute Gasteiger partial charge is 0.497 e. The molecule has 148 valence electrons. The van der Waals surface area contributed by atoms with Gasteiger partial charge < -0.3 is 14.4 Å². The highest BCUT2D eigenvalue weighted by atomic mass is 16.5. The van der Waals surface area contributed by atoms with Crippen molar-refractivity contribution in [1.82, 2.24) is 0 Å². The Hall–Kier alpha value is -3.27. The van der Waals surface area contributed by atoms with E-state index in [1.54, 1.807) is 7.11 Å². The summed E-state index contributed by atoms with van der Waals surface area (Å²) in [6, 6.07) is 26.7. The van der Waals surface area contributed by atoms with Crippen molar-refractivity contribution in [2.45, 2.75) is 25.4 Å². The molecule has 4 rings (SSSR count). The van der Waals surface area contributed by atoms with Gasteiger partial charge in [0.25, 0.3) is 0 Å². The maximum atomic E-state index is 12.0. The second-order valence-electron chi connectivity index (χ2n) is 7.33. The Kier molecular flexibility index (Phi) is 5.01. The number of carbonyl (C=O) groups is 1. The van der Waals surface area contributed by atoms with Gasteiger partial charge in [0.1, 0.15) is 5.75 Å². The van der Waals surface area contributed by atoms with Crippen LogP contribution in [0, 0.1) is 0 Å². The number of hydrogen-bond donors (Lipinski definition) is 0. The van der Waals surface area contributed by atoms with E-state index >= 15 is 0 Å². The summed E-state index contributed by atoms with van der Waals surface area (Å²) < 4.78 is 10.4. The first-order valence-corrected chi connectivity index (χ1v) is 9.85. The van der Waals surface area contributed by atoms with Gasteiger partial charge in [-0.15, -0.1) is 0 Å². The van der Waals surface area contributed by atoms with Crippen LogP contribution in [-0.2, 0) is 10.3 Å². The predicted molar refractivity (Wildman–Crippen MR) is 114 cm³/mol. The third-order valence-electron chi connectivity index (χ3n) is 5.67. The molecule has 4 heteroatoms. The first-order valence-electron chi connectivity index (χ1n) is 9.85. The van der Waals surface area contributed by atoms with E-state index in [4.69, 9.17) is 9.47 Å². The van der Waals surface area contributed by atoms with Gasteiger partial charge in [0.05, 0.1) is 30.9 Å². The molecular weight excluding hydrogens is 362 g/mol. The van der Waals surface area contributed by atoms with E-state index in [9.17, 15) is 4.79 Å². The topological polar surface area (TPSA) is 38.5 Å². The molecule has 0 radical (unpaired) electrons. The molecule has 0 aliphatic carbocycles. The van der Waals surface area contributed by atoms with Crippen LogP contribution in [0.2, 0.25) is 0 Å². The molecule has 29 heavy (non-hydrogen) atoms. The monoisotopic (exact) mass is 387 g/mol. The summed E-state index contributed by atoms with van der Waals surface area (Å²) in [5.41, 5.74) is 3.93. The highest BCUT2D eigenvalue weighted by Crippen LogP contribution is 2.61. The molecule has 1 aliphatic heterocycles. The lowest BCUT2D eigenvalue weighted by molar-refractivity contribution is 0.0526. The van der Waals surface area contributed by atoms with E-state index in [0.29, 0.717) is 12.2 Å². The van der Waals surface area contributed by atoms with Gasteiger partial charge in [0, 0.05) is 5.69 Å². The van der Waals surface area contributed by atoms with Crippen molar-refractivity contribution in [3.63, 3.8) is 0 Å². The summed E-state index contributed by atoms with van der Waals surface area (Å²) in [5, 5.41) is 0. The van der Waals surface area contributed by atoms with E-state index in [1.807, 2.05) is 49.4 Å². The van der Waals surface area contributed by atoms with Gasteiger partial charge >= 0.3 is 5.97 Å². The molecule has 0 aromatic heterocycles. The number of benzene rings is 3. The second kappa shape index (κ2) is 7.63. The van der Waals surface area contributed by atoms with Crippen molar-refractivity contribution < 1.29 is 14.3 Å². The van der Waals surface area contributed by atoms with Crippen molar-refractivity contribution in [3.05, 3.63) is 95.6 Å². The van der Waals surface area contributed by atoms with Crippen molar-refractivity contribution >= 4 is 11.7 Å². The average Bonchev–Trinajstić information content (AvgIpc) is 3.41. The van der Waals surface area contributed by atoms with E-state index in [-0.39, 0.29) is 17.6 Å². The van der Waals surface area contributed by atoms with Crippen molar-refractivity contribution in [3.8, 4) is 5.75 Å². The highest BCUT2D eigenvalue weighted by Gasteiger charge is 2.60. The van der Waals surface area contributed by atoms with Crippen LogP contribution in [0.25, 0.3) is 0 Å². The van der Waals surface area contributed by atoms with Gasteiger partial charge in [-0.2, -0.15) is 0 Å². The third kappa shape index (κ3) is 3.35. The number of anilines is 1. The van der Waals surface area contributed by atoms with Gasteiger partial charge in [-0.1, -0.05) is 42.5 Å². The molecule has 0 saturated carbocycles. The van der Waals surface area contributed by atoms with Gasteiger partial charge in [0.15, 0.2) is 0 Å². The van der Waals surface area contributed by atoms with Gasteiger partial charge in [-0.25, -0.2) is 4.79 Å². The Morgan fingerprint density at radius 1 is 0.966 bits per heavy atom. The molecule has 0 bridgehead atoms. The molecule has 1 aliphatic rings. The van der Waals surface area contributed by atoms with Crippen LogP contribution in [0.1, 0.15) is 41.4 Å². The minimum Gasteiger partial charge on any atom is -0.497 e. The molecule has 4 nitrogen and oxygen atoms in total. The summed E-state index contributed by atoms with van der Waals surface area (Å²) in [5.74, 6) is 0.555. The number of methoxy groups -OCH3 is 1. The minimum atomic E-state index is -0.286. The lowest BCUT2D eigenvalue weighted by Gasteiger charge is -2.15. The predicted octanol–water partition coefficient (Wildman–Crippen LogP) is 5.35. The molecule has 3 aromatic carbocycles. The molecule has 0 N–H and O–H groups in total. The van der Waals surface area contributed by atoms with Gasteiger partial charge in [-0.05, 0) is 61.4 Å². The van der Waals surface area contributed by atoms with Crippen molar-refractivity contribution in [2.75, 3.05) is 18.6 Å². The Morgan fingerprint density at radius 2 is 1.62 bits per heavy atom. The smallest absolute Gasteiger partial charge is 0.338 e. The molecule has 0 unspecified atom stereocenters. The second-order valence-corrected chi connectivity index (χ2v) is 7.33. The van der Waals surface area contributed by atoms with Crippen LogP contribution in [-0.4, -0.2) is 19.7 Å². The standard InChI is InChI=1S/C25H25NO3/c1-4-29-24(27)19-10-12-20(13-11-19)25(2)23(18-8-6-5-7-9-18)26(25)21-14-16-22(28-3)17-15-21/h5-17,23H,4H2,1-3H3/t23-,25-,26?/m1/s1. The molecule has 1 saturated heterocycles. The average molecular weight is 387 g/mol. The fraction of sp³-hybridized carbons (Fsp3) is 0.240. The SMILES string of the molecule is CCOC(=O)c1ccc([C@]2(C)[C@@H](c3ccccc3)N2c2ccc(OC)cc2)cc1. The van der Waals surface area contributed by atoms with Crippen LogP contribution < -0.4 is 9.64 Å². The maximum Gasteiger partial charge on any atom is 0.338 e. The van der Waals surface area contributed by atoms with Crippen LogP contribution in [0.3, 0.4) is 0 Å². The lowest BCUT2D eigenvalue weighted by Crippen LogP contribution is -2.12. The Balaban J connectivity index is 1.70. The molecule has 2 atom stereocenters. The lowest BCUT2D eigenvalue weighted by atomic mass is 9.92. The third-order valence-corrected chi connectivity index (χ3v) is 5.67. The molecule has 1 fully saturated rings. The summed E-state index contributed by atoms with van der Waals surface area (Å²) in [6.45, 7) is 4.43. The summed E-state index contributed by atoms with van der Waals surface area (Å²) >= 11 is 0. The number of rotatable bonds is 6. The summed E-state index contributed by atoms with van der Waals surface area (Å²) in [6.07, 6.45) is 0. The normalized spacial score (nSPS) is 20.2. The Bertz CT molecular complexity index is 983. The summed E-state index contributed by atoms with van der Waals surface area (Å²) in [7, 11) is 1.68. The van der Waals surface area contributed by atoms with Gasteiger partial charge in [0.2, 0.25) is 0 Å². The fourth-order valence-corrected chi connectivity index (χ4v) is 4.11. The van der Waals surface area contributed by atoms with E-state index < -0.39 is 0 Å². The first-order chi connectivity index (χ1) is 14.1. The molecule has 1 heterocycles. The van der Waals surface area contributed by atoms with Gasteiger partial charge in [-0.3, -0.25) is 0 Å². The Labute approximate surface area is 171 Å². The van der Waals surface area contributed by atoms with E-state index in [0.717, 1.165) is 17.0 Å². The highest BCUT2D eigenvalue weighted by molar-refractivity contribution is 5.89.